The molecule has 0 aliphatic rings. The molecule has 5 nitrogen and oxygen atoms in total. The van der Waals surface area contributed by atoms with E-state index in [1.165, 1.54) is 0 Å². The standard InChI is InChI=1S/C15H25ClN2O3/c1-4-7-21-15-12(16)8-11(9-14(15)20-3)13(10-17)18(2)5-6-19/h8-9,13,19H,4-7,10,17H2,1-3H3. The van der Waals surface area contributed by atoms with E-state index in [9.17, 15) is 0 Å². The molecular formula is C15H25ClN2O3. The van der Waals surface area contributed by atoms with Crippen LogP contribution in [-0.2, 0) is 0 Å². The third kappa shape index (κ3) is 4.74. The monoisotopic (exact) mass is 316 g/mol. The molecule has 0 fully saturated rings. The Morgan fingerprint density at radius 1 is 1.43 bits per heavy atom. The molecular weight excluding hydrogens is 292 g/mol. The Kier molecular flexibility index (Phi) is 7.82. The van der Waals surface area contributed by atoms with Crippen LogP contribution in [0.25, 0.3) is 0 Å². The summed E-state index contributed by atoms with van der Waals surface area (Å²) in [5.41, 5.74) is 6.80. The van der Waals surface area contributed by atoms with Gasteiger partial charge in [0.1, 0.15) is 0 Å². The number of rotatable bonds is 9. The number of nitrogens with two attached hydrogens (primary N) is 1. The largest absolute Gasteiger partial charge is 0.493 e. The average Bonchev–Trinajstić information content (AvgIpc) is 2.46. The molecule has 0 heterocycles. The van der Waals surface area contributed by atoms with Crippen LogP contribution in [0, 0.1) is 0 Å². The van der Waals surface area contributed by atoms with Gasteiger partial charge in [-0.15, -0.1) is 0 Å². The molecule has 1 unspecified atom stereocenters. The van der Waals surface area contributed by atoms with Crippen LogP contribution in [0.5, 0.6) is 11.5 Å². The average molecular weight is 317 g/mol. The van der Waals surface area contributed by atoms with Gasteiger partial charge in [0.25, 0.3) is 0 Å². The number of halogens is 1. The van der Waals surface area contributed by atoms with Gasteiger partial charge >= 0.3 is 0 Å². The molecule has 1 aromatic carbocycles. The summed E-state index contributed by atoms with van der Waals surface area (Å²) >= 11 is 6.32. The van der Waals surface area contributed by atoms with Crippen LogP contribution in [-0.4, -0.2) is 50.5 Å². The summed E-state index contributed by atoms with van der Waals surface area (Å²) in [6, 6.07) is 3.70. The van der Waals surface area contributed by atoms with Crippen molar-refractivity contribution in [3.8, 4) is 11.5 Å². The van der Waals surface area contributed by atoms with Crippen molar-refractivity contribution in [2.75, 3.05) is 40.5 Å². The second-order valence-corrected chi connectivity index (χ2v) is 5.25. The Bertz CT molecular complexity index is 443. The molecule has 21 heavy (non-hydrogen) atoms. The summed E-state index contributed by atoms with van der Waals surface area (Å²) < 4.78 is 11.0. The third-order valence-electron chi connectivity index (χ3n) is 3.30. The third-order valence-corrected chi connectivity index (χ3v) is 3.58. The number of methoxy groups -OCH3 is 1. The number of benzene rings is 1. The normalized spacial score (nSPS) is 12.5. The molecule has 120 valence electrons. The lowest BCUT2D eigenvalue weighted by Crippen LogP contribution is -2.32. The minimum Gasteiger partial charge on any atom is -0.493 e. The van der Waals surface area contributed by atoms with Gasteiger partial charge in [0.05, 0.1) is 25.3 Å². The van der Waals surface area contributed by atoms with E-state index in [2.05, 4.69) is 0 Å². The molecule has 0 aliphatic carbocycles. The zero-order valence-electron chi connectivity index (χ0n) is 12.9. The van der Waals surface area contributed by atoms with Crippen molar-refractivity contribution >= 4 is 11.6 Å². The van der Waals surface area contributed by atoms with Crippen LogP contribution in [0.2, 0.25) is 5.02 Å². The van der Waals surface area contributed by atoms with Crippen molar-refractivity contribution < 1.29 is 14.6 Å². The van der Waals surface area contributed by atoms with Gasteiger partial charge < -0.3 is 20.3 Å². The number of ether oxygens (including phenoxy) is 2. The van der Waals surface area contributed by atoms with E-state index in [-0.39, 0.29) is 12.6 Å². The molecule has 0 saturated carbocycles. The van der Waals surface area contributed by atoms with Crippen LogP contribution >= 0.6 is 11.6 Å². The van der Waals surface area contributed by atoms with Crippen molar-refractivity contribution in [3.05, 3.63) is 22.7 Å². The molecule has 1 aromatic rings. The molecule has 0 saturated heterocycles. The molecule has 0 aliphatic heterocycles. The lowest BCUT2D eigenvalue weighted by molar-refractivity contribution is 0.183. The Balaban J connectivity index is 3.10. The van der Waals surface area contributed by atoms with Gasteiger partial charge in [-0.1, -0.05) is 18.5 Å². The maximum Gasteiger partial charge on any atom is 0.179 e. The van der Waals surface area contributed by atoms with Crippen LogP contribution in [0.4, 0.5) is 0 Å². The number of hydrogen-bond acceptors (Lipinski definition) is 5. The van der Waals surface area contributed by atoms with Crippen molar-refractivity contribution in [1.82, 2.24) is 4.90 Å². The first-order chi connectivity index (χ1) is 10.1. The van der Waals surface area contributed by atoms with Gasteiger partial charge in [0.2, 0.25) is 0 Å². The van der Waals surface area contributed by atoms with Crippen LogP contribution in [0.15, 0.2) is 12.1 Å². The summed E-state index contributed by atoms with van der Waals surface area (Å²) in [7, 11) is 3.50. The van der Waals surface area contributed by atoms with Gasteiger partial charge in [-0.3, -0.25) is 4.90 Å². The van der Waals surface area contributed by atoms with Gasteiger partial charge in [-0.2, -0.15) is 0 Å². The summed E-state index contributed by atoms with van der Waals surface area (Å²) in [5, 5.41) is 9.58. The molecule has 1 atom stereocenters. The highest BCUT2D eigenvalue weighted by Gasteiger charge is 2.20. The van der Waals surface area contributed by atoms with E-state index in [1.807, 2.05) is 31.0 Å². The van der Waals surface area contributed by atoms with Crippen molar-refractivity contribution in [1.29, 1.82) is 0 Å². The fourth-order valence-corrected chi connectivity index (χ4v) is 2.43. The van der Waals surface area contributed by atoms with E-state index < -0.39 is 0 Å². The van der Waals surface area contributed by atoms with E-state index in [0.29, 0.717) is 36.2 Å². The first-order valence-corrected chi connectivity index (χ1v) is 7.48. The minimum atomic E-state index is -0.0382. The number of likely N-dealkylation sites (N-methyl/N-ethyl adjacent to an activating group) is 1. The van der Waals surface area contributed by atoms with Gasteiger partial charge in [0.15, 0.2) is 11.5 Å². The smallest absolute Gasteiger partial charge is 0.179 e. The molecule has 3 N–H and O–H groups in total. The fraction of sp³-hybridized carbons (Fsp3) is 0.600. The molecule has 1 rings (SSSR count). The van der Waals surface area contributed by atoms with Crippen LogP contribution in [0.1, 0.15) is 24.9 Å². The molecule has 0 spiro atoms. The van der Waals surface area contributed by atoms with E-state index >= 15 is 0 Å². The number of aliphatic hydroxyl groups is 1. The number of aliphatic hydroxyl groups excluding tert-OH is 1. The summed E-state index contributed by atoms with van der Waals surface area (Å²) in [4.78, 5) is 1.98. The zero-order valence-corrected chi connectivity index (χ0v) is 13.7. The molecule has 0 bridgehead atoms. The van der Waals surface area contributed by atoms with Crippen LogP contribution in [0.3, 0.4) is 0 Å². The van der Waals surface area contributed by atoms with Gasteiger partial charge in [0, 0.05) is 19.1 Å². The SMILES string of the molecule is CCCOc1c(Cl)cc(C(CN)N(C)CCO)cc1OC. The van der Waals surface area contributed by atoms with Crippen molar-refractivity contribution in [3.63, 3.8) is 0 Å². The summed E-state index contributed by atoms with van der Waals surface area (Å²) in [6.07, 6.45) is 0.895. The topological polar surface area (TPSA) is 68.0 Å². The van der Waals surface area contributed by atoms with Crippen molar-refractivity contribution in [2.24, 2.45) is 5.73 Å². The highest BCUT2D eigenvalue weighted by molar-refractivity contribution is 6.32. The molecule has 6 heteroatoms. The summed E-state index contributed by atoms with van der Waals surface area (Å²) in [5.74, 6) is 1.16. The van der Waals surface area contributed by atoms with Gasteiger partial charge in [-0.25, -0.2) is 0 Å². The second kappa shape index (κ2) is 9.10. The van der Waals surface area contributed by atoms with Crippen LogP contribution < -0.4 is 15.2 Å². The van der Waals surface area contributed by atoms with E-state index in [4.69, 9.17) is 31.9 Å². The zero-order chi connectivity index (χ0) is 15.8. The van der Waals surface area contributed by atoms with E-state index in [1.54, 1.807) is 7.11 Å². The molecule has 0 amide bonds. The maximum absolute atomic E-state index is 9.07. The Morgan fingerprint density at radius 2 is 2.14 bits per heavy atom. The molecule has 0 radical (unpaired) electrons. The Labute approximate surface area is 131 Å². The lowest BCUT2D eigenvalue weighted by Gasteiger charge is -2.27. The fourth-order valence-electron chi connectivity index (χ4n) is 2.16. The first kappa shape index (κ1) is 18.0. The van der Waals surface area contributed by atoms with E-state index in [0.717, 1.165) is 12.0 Å². The Hall–Kier alpha value is -1.01. The highest BCUT2D eigenvalue weighted by Crippen LogP contribution is 2.38. The predicted octanol–water partition coefficient (Wildman–Crippen LogP) is 2.06. The minimum absolute atomic E-state index is 0.0382. The predicted molar refractivity (Wildman–Crippen MR) is 85.3 cm³/mol. The first-order valence-electron chi connectivity index (χ1n) is 7.10. The lowest BCUT2D eigenvalue weighted by atomic mass is 10.0. The van der Waals surface area contributed by atoms with Crippen molar-refractivity contribution in [2.45, 2.75) is 19.4 Å². The second-order valence-electron chi connectivity index (χ2n) is 4.84. The van der Waals surface area contributed by atoms with Gasteiger partial charge in [-0.05, 0) is 31.2 Å². The maximum atomic E-state index is 9.07. The number of hydrogen-bond donors (Lipinski definition) is 2. The summed E-state index contributed by atoms with van der Waals surface area (Å²) in [6.45, 7) is 3.65. The highest BCUT2D eigenvalue weighted by atomic mass is 35.5. The number of nitrogens with zero attached hydrogens (tertiary/aromatic N) is 1. The quantitative estimate of drug-likeness (QED) is 0.730. The molecule has 0 aromatic heterocycles. The Morgan fingerprint density at radius 3 is 2.67 bits per heavy atom.